The molecule has 0 radical (unpaired) electrons. The average molecular weight is 329 g/mol. The van der Waals surface area contributed by atoms with Crippen LogP contribution in [0.3, 0.4) is 0 Å². The molecule has 3 rings (SSSR count). The van der Waals surface area contributed by atoms with E-state index in [0.717, 1.165) is 42.7 Å². The lowest BCUT2D eigenvalue weighted by atomic mass is 9.76. The molecule has 2 N–H and O–H groups in total. The van der Waals surface area contributed by atoms with Crippen LogP contribution in [0.25, 0.3) is 0 Å². The van der Waals surface area contributed by atoms with E-state index in [1.807, 2.05) is 13.0 Å². The number of hydrogen-bond acceptors (Lipinski definition) is 4. The zero-order valence-corrected chi connectivity index (χ0v) is 14.4. The molecule has 2 aliphatic rings. The van der Waals surface area contributed by atoms with Gasteiger partial charge in [0, 0.05) is 23.0 Å². The van der Waals surface area contributed by atoms with Crippen molar-refractivity contribution in [2.45, 2.75) is 74.7 Å². The van der Waals surface area contributed by atoms with Gasteiger partial charge in [0.15, 0.2) is 0 Å². The van der Waals surface area contributed by atoms with Crippen LogP contribution in [0.5, 0.6) is 0 Å². The first-order valence-corrected chi connectivity index (χ1v) is 10.1. The molecule has 0 unspecified atom stereocenters. The molecule has 0 saturated heterocycles. The Morgan fingerprint density at radius 1 is 1.38 bits per heavy atom. The van der Waals surface area contributed by atoms with Gasteiger partial charge in [-0.05, 0) is 57.1 Å². The van der Waals surface area contributed by atoms with E-state index in [2.05, 4.69) is 17.0 Å². The highest BCUT2D eigenvalue weighted by molar-refractivity contribution is 7.91. The fraction of sp³-hybridized carbons (Fsp3) is 0.733. The smallest absolute Gasteiger partial charge is 0.250 e. The molecule has 1 heterocycles. The van der Waals surface area contributed by atoms with Crippen LogP contribution < -0.4 is 10.0 Å². The summed E-state index contributed by atoms with van der Waals surface area (Å²) in [7, 11) is -3.37. The fourth-order valence-corrected chi connectivity index (χ4v) is 5.86. The SMILES string of the molecule is CCC1(NS(=O)(=O)c2cc(C)c(CNC3CC3)s2)CCC1. The third-order valence-electron chi connectivity index (χ3n) is 4.73. The van der Waals surface area contributed by atoms with E-state index < -0.39 is 10.0 Å². The molecule has 0 aromatic carbocycles. The highest BCUT2D eigenvalue weighted by Crippen LogP contribution is 2.37. The zero-order valence-electron chi connectivity index (χ0n) is 12.7. The second kappa shape index (κ2) is 5.65. The van der Waals surface area contributed by atoms with Crippen LogP contribution in [0.15, 0.2) is 10.3 Å². The predicted molar refractivity (Wildman–Crippen MR) is 86.1 cm³/mol. The van der Waals surface area contributed by atoms with Crippen molar-refractivity contribution in [3.63, 3.8) is 0 Å². The van der Waals surface area contributed by atoms with Crippen molar-refractivity contribution in [3.8, 4) is 0 Å². The Balaban J connectivity index is 1.73. The second-order valence-corrected chi connectivity index (χ2v) is 9.47. The molecule has 6 heteroatoms. The Morgan fingerprint density at radius 2 is 2.10 bits per heavy atom. The van der Waals surface area contributed by atoms with Crippen molar-refractivity contribution < 1.29 is 8.42 Å². The maximum Gasteiger partial charge on any atom is 0.250 e. The van der Waals surface area contributed by atoms with E-state index in [-0.39, 0.29) is 5.54 Å². The second-order valence-electron chi connectivity index (χ2n) is 6.42. The van der Waals surface area contributed by atoms with Crippen molar-refractivity contribution in [3.05, 3.63) is 16.5 Å². The lowest BCUT2D eigenvalue weighted by Crippen LogP contribution is -2.52. The summed E-state index contributed by atoms with van der Waals surface area (Å²) in [6.45, 7) is 4.85. The van der Waals surface area contributed by atoms with Gasteiger partial charge in [0.05, 0.1) is 0 Å². The van der Waals surface area contributed by atoms with E-state index in [4.69, 9.17) is 0 Å². The van der Waals surface area contributed by atoms with E-state index in [0.29, 0.717) is 10.3 Å². The maximum atomic E-state index is 12.6. The van der Waals surface area contributed by atoms with Gasteiger partial charge in [0.2, 0.25) is 0 Å². The lowest BCUT2D eigenvalue weighted by molar-refractivity contribution is 0.214. The molecular weight excluding hydrogens is 304 g/mol. The monoisotopic (exact) mass is 328 g/mol. The van der Waals surface area contributed by atoms with Crippen LogP contribution in [0.2, 0.25) is 0 Å². The van der Waals surface area contributed by atoms with Crippen molar-refractivity contribution in [2.75, 3.05) is 0 Å². The molecule has 118 valence electrons. The summed E-state index contributed by atoms with van der Waals surface area (Å²) in [6, 6.07) is 2.46. The third kappa shape index (κ3) is 3.33. The molecule has 0 aliphatic heterocycles. The molecule has 0 bridgehead atoms. The summed E-state index contributed by atoms with van der Waals surface area (Å²) in [6.07, 6.45) is 6.40. The molecule has 21 heavy (non-hydrogen) atoms. The van der Waals surface area contributed by atoms with Crippen molar-refractivity contribution >= 4 is 21.4 Å². The fourth-order valence-electron chi connectivity index (χ4n) is 2.79. The minimum atomic E-state index is -3.37. The molecular formula is C15H24N2O2S2. The van der Waals surface area contributed by atoms with Gasteiger partial charge in [-0.1, -0.05) is 6.92 Å². The zero-order chi connectivity index (χ0) is 15.1. The van der Waals surface area contributed by atoms with Gasteiger partial charge in [-0.25, -0.2) is 13.1 Å². The van der Waals surface area contributed by atoms with Gasteiger partial charge < -0.3 is 5.32 Å². The predicted octanol–water partition coefficient (Wildman–Crippen LogP) is 2.92. The van der Waals surface area contributed by atoms with Crippen LogP contribution >= 0.6 is 11.3 Å². The van der Waals surface area contributed by atoms with Crippen LogP contribution in [-0.4, -0.2) is 20.0 Å². The molecule has 2 fully saturated rings. The standard InChI is InChI=1S/C15H24N2O2S2/c1-3-15(7-4-8-15)17-21(18,19)14-9-11(2)13(20-14)10-16-12-5-6-12/h9,12,16-17H,3-8,10H2,1-2H3. The van der Waals surface area contributed by atoms with E-state index in [9.17, 15) is 8.42 Å². The van der Waals surface area contributed by atoms with E-state index in [1.54, 1.807) is 0 Å². The summed E-state index contributed by atoms with van der Waals surface area (Å²) in [5.74, 6) is 0. The first-order valence-electron chi connectivity index (χ1n) is 7.81. The molecule has 1 aromatic heterocycles. The average Bonchev–Trinajstić information content (AvgIpc) is 3.14. The van der Waals surface area contributed by atoms with Crippen LogP contribution in [0, 0.1) is 6.92 Å². The van der Waals surface area contributed by atoms with Gasteiger partial charge >= 0.3 is 0 Å². The first-order chi connectivity index (χ1) is 9.94. The number of nitrogens with one attached hydrogen (secondary N) is 2. The number of rotatable bonds is 7. The Bertz CT molecular complexity index is 608. The Kier molecular flexibility index (Phi) is 4.16. The topological polar surface area (TPSA) is 58.2 Å². The minimum Gasteiger partial charge on any atom is -0.309 e. The Morgan fingerprint density at radius 3 is 2.62 bits per heavy atom. The number of thiophene rings is 1. The summed E-state index contributed by atoms with van der Waals surface area (Å²) >= 11 is 1.41. The normalized spacial score (nSPS) is 21.2. The number of aryl methyl sites for hydroxylation is 1. The molecule has 2 saturated carbocycles. The molecule has 0 spiro atoms. The number of sulfonamides is 1. The van der Waals surface area contributed by atoms with Crippen LogP contribution in [0.1, 0.15) is 55.9 Å². The van der Waals surface area contributed by atoms with Crippen molar-refractivity contribution in [1.29, 1.82) is 0 Å². The number of hydrogen-bond donors (Lipinski definition) is 2. The third-order valence-corrected chi connectivity index (χ3v) is 8.02. The highest BCUT2D eigenvalue weighted by Gasteiger charge is 2.39. The molecule has 1 aromatic rings. The maximum absolute atomic E-state index is 12.6. The quantitative estimate of drug-likeness (QED) is 0.809. The summed E-state index contributed by atoms with van der Waals surface area (Å²) in [5, 5.41) is 3.46. The van der Waals surface area contributed by atoms with E-state index >= 15 is 0 Å². The van der Waals surface area contributed by atoms with E-state index in [1.165, 1.54) is 24.2 Å². The first kappa shape index (κ1) is 15.5. The molecule has 2 aliphatic carbocycles. The Hall–Kier alpha value is -0.430. The van der Waals surface area contributed by atoms with Gasteiger partial charge in [0.25, 0.3) is 10.0 Å². The van der Waals surface area contributed by atoms with Gasteiger partial charge in [-0.3, -0.25) is 0 Å². The van der Waals surface area contributed by atoms with Crippen molar-refractivity contribution in [1.82, 2.24) is 10.0 Å². The minimum absolute atomic E-state index is 0.191. The van der Waals surface area contributed by atoms with Crippen LogP contribution in [0.4, 0.5) is 0 Å². The molecule has 0 amide bonds. The summed E-state index contributed by atoms with van der Waals surface area (Å²) in [5.41, 5.74) is 0.885. The highest BCUT2D eigenvalue weighted by atomic mass is 32.2. The Labute approximate surface area is 131 Å². The van der Waals surface area contributed by atoms with Crippen molar-refractivity contribution in [2.24, 2.45) is 0 Å². The van der Waals surface area contributed by atoms with Gasteiger partial charge in [-0.15, -0.1) is 11.3 Å². The largest absolute Gasteiger partial charge is 0.309 e. The molecule has 4 nitrogen and oxygen atoms in total. The summed E-state index contributed by atoms with van der Waals surface area (Å²) < 4.78 is 28.6. The lowest BCUT2D eigenvalue weighted by Gasteiger charge is -2.41. The van der Waals surface area contributed by atoms with Gasteiger partial charge in [0.1, 0.15) is 4.21 Å². The summed E-state index contributed by atoms with van der Waals surface area (Å²) in [4.78, 5) is 1.14. The molecule has 0 atom stereocenters. The van der Waals surface area contributed by atoms with Crippen LogP contribution in [-0.2, 0) is 16.6 Å². The van der Waals surface area contributed by atoms with Gasteiger partial charge in [-0.2, -0.15) is 0 Å².